The zero-order valence-corrected chi connectivity index (χ0v) is 12.7. The summed E-state index contributed by atoms with van der Waals surface area (Å²) in [6, 6.07) is 3.61. The van der Waals surface area contributed by atoms with Crippen molar-refractivity contribution >= 4 is 31.9 Å². The molecule has 6 heteroatoms. The highest BCUT2D eigenvalue weighted by molar-refractivity contribution is 9.10. The lowest BCUT2D eigenvalue weighted by Crippen LogP contribution is -2.18. The van der Waals surface area contributed by atoms with Crippen LogP contribution >= 0.6 is 31.9 Å². The SMILES string of the molecule is CC(C)n1ncc(Br)c1C(N)c1ccc(Br)o1. The molecule has 0 bridgehead atoms. The maximum absolute atomic E-state index is 6.21. The van der Waals surface area contributed by atoms with Crippen LogP contribution in [-0.2, 0) is 0 Å². The molecule has 2 N–H and O–H groups in total. The largest absolute Gasteiger partial charge is 0.452 e. The van der Waals surface area contributed by atoms with Crippen molar-refractivity contribution in [2.75, 3.05) is 0 Å². The molecule has 0 saturated carbocycles. The molecular weight excluding hydrogens is 350 g/mol. The second kappa shape index (κ2) is 4.96. The van der Waals surface area contributed by atoms with E-state index >= 15 is 0 Å². The number of hydrogen-bond acceptors (Lipinski definition) is 3. The van der Waals surface area contributed by atoms with E-state index in [2.05, 4.69) is 50.8 Å². The molecule has 92 valence electrons. The number of nitrogens with zero attached hydrogens (tertiary/aromatic N) is 2. The van der Waals surface area contributed by atoms with Gasteiger partial charge >= 0.3 is 0 Å². The van der Waals surface area contributed by atoms with Crippen LogP contribution in [0.5, 0.6) is 0 Å². The Bertz CT molecular complexity index is 519. The highest BCUT2D eigenvalue weighted by Gasteiger charge is 2.22. The smallest absolute Gasteiger partial charge is 0.169 e. The second-order valence-corrected chi connectivity index (χ2v) is 5.67. The van der Waals surface area contributed by atoms with Gasteiger partial charge in [0.25, 0.3) is 0 Å². The van der Waals surface area contributed by atoms with Crippen molar-refractivity contribution < 1.29 is 4.42 Å². The highest BCUT2D eigenvalue weighted by atomic mass is 79.9. The molecule has 2 rings (SSSR count). The molecule has 0 fully saturated rings. The number of rotatable bonds is 3. The van der Waals surface area contributed by atoms with Gasteiger partial charge in [-0.05, 0) is 57.8 Å². The van der Waals surface area contributed by atoms with E-state index in [-0.39, 0.29) is 12.1 Å². The van der Waals surface area contributed by atoms with Crippen LogP contribution in [0.25, 0.3) is 0 Å². The standard InChI is InChI=1S/C11H13Br2N3O/c1-6(2)16-11(7(12)5-15-16)10(14)8-3-4-9(13)17-8/h3-6,10H,14H2,1-2H3. The molecule has 0 saturated heterocycles. The number of furan rings is 1. The summed E-state index contributed by atoms with van der Waals surface area (Å²) in [5.41, 5.74) is 7.13. The van der Waals surface area contributed by atoms with Gasteiger partial charge in [-0.15, -0.1) is 0 Å². The lowest BCUT2D eigenvalue weighted by atomic mass is 10.1. The fourth-order valence-electron chi connectivity index (χ4n) is 1.68. The van der Waals surface area contributed by atoms with E-state index in [0.29, 0.717) is 10.4 Å². The summed E-state index contributed by atoms with van der Waals surface area (Å²) in [7, 11) is 0. The molecule has 0 spiro atoms. The molecule has 0 aliphatic rings. The van der Waals surface area contributed by atoms with E-state index in [4.69, 9.17) is 10.2 Å². The molecule has 0 aliphatic carbocycles. The number of hydrogen-bond donors (Lipinski definition) is 1. The fourth-order valence-corrected chi connectivity index (χ4v) is 2.52. The van der Waals surface area contributed by atoms with Gasteiger partial charge in [0.05, 0.1) is 16.4 Å². The Morgan fingerprint density at radius 1 is 1.35 bits per heavy atom. The van der Waals surface area contributed by atoms with Crippen molar-refractivity contribution in [3.63, 3.8) is 0 Å². The Labute approximate surface area is 116 Å². The van der Waals surface area contributed by atoms with Crippen LogP contribution in [-0.4, -0.2) is 9.78 Å². The quantitative estimate of drug-likeness (QED) is 0.906. The maximum atomic E-state index is 6.21. The number of nitrogens with two attached hydrogens (primary N) is 1. The summed E-state index contributed by atoms with van der Waals surface area (Å²) in [6.45, 7) is 4.13. The molecule has 2 aromatic rings. The van der Waals surface area contributed by atoms with Crippen LogP contribution in [0.2, 0.25) is 0 Å². The number of halogens is 2. The minimum atomic E-state index is -0.333. The Kier molecular flexibility index (Phi) is 3.75. The van der Waals surface area contributed by atoms with Crippen LogP contribution in [0.3, 0.4) is 0 Å². The van der Waals surface area contributed by atoms with E-state index in [1.165, 1.54) is 0 Å². The predicted molar refractivity (Wildman–Crippen MR) is 72.8 cm³/mol. The van der Waals surface area contributed by atoms with Gasteiger partial charge in [-0.1, -0.05) is 0 Å². The first kappa shape index (κ1) is 12.9. The Morgan fingerprint density at radius 2 is 2.06 bits per heavy atom. The monoisotopic (exact) mass is 361 g/mol. The molecular formula is C11H13Br2N3O. The Hall–Kier alpha value is -0.590. The lowest BCUT2D eigenvalue weighted by molar-refractivity contribution is 0.440. The molecule has 17 heavy (non-hydrogen) atoms. The van der Waals surface area contributed by atoms with Crippen LogP contribution < -0.4 is 5.73 Å². The van der Waals surface area contributed by atoms with Gasteiger partial charge in [0.1, 0.15) is 11.8 Å². The van der Waals surface area contributed by atoms with Gasteiger partial charge in [0, 0.05) is 6.04 Å². The Morgan fingerprint density at radius 3 is 2.59 bits per heavy atom. The lowest BCUT2D eigenvalue weighted by Gasteiger charge is -2.15. The molecule has 0 amide bonds. The van der Waals surface area contributed by atoms with Gasteiger partial charge in [-0.25, -0.2) is 0 Å². The maximum Gasteiger partial charge on any atom is 0.169 e. The third-order valence-electron chi connectivity index (χ3n) is 2.47. The van der Waals surface area contributed by atoms with Gasteiger partial charge in [-0.2, -0.15) is 5.10 Å². The van der Waals surface area contributed by atoms with Crippen molar-refractivity contribution in [2.45, 2.75) is 25.9 Å². The van der Waals surface area contributed by atoms with Crippen LogP contribution in [0.4, 0.5) is 0 Å². The topological polar surface area (TPSA) is 57.0 Å². The third-order valence-corrected chi connectivity index (χ3v) is 3.51. The van der Waals surface area contributed by atoms with Crippen LogP contribution in [0, 0.1) is 0 Å². The van der Waals surface area contributed by atoms with Crippen LogP contribution in [0.1, 0.15) is 37.4 Å². The normalized spacial score (nSPS) is 13.3. The summed E-state index contributed by atoms with van der Waals surface area (Å²) in [4.78, 5) is 0. The predicted octanol–water partition coefficient (Wildman–Crippen LogP) is 3.63. The fraction of sp³-hybridized carbons (Fsp3) is 0.364. The molecule has 0 aromatic carbocycles. The zero-order chi connectivity index (χ0) is 12.6. The average molecular weight is 363 g/mol. The van der Waals surface area contributed by atoms with Crippen LogP contribution in [0.15, 0.2) is 31.9 Å². The summed E-state index contributed by atoms with van der Waals surface area (Å²) in [5, 5.41) is 4.31. The van der Waals surface area contributed by atoms with E-state index in [1.807, 2.05) is 16.8 Å². The summed E-state index contributed by atoms with van der Waals surface area (Å²) >= 11 is 6.75. The summed E-state index contributed by atoms with van der Waals surface area (Å²) < 4.78 is 8.95. The number of aromatic nitrogens is 2. The molecule has 0 aliphatic heterocycles. The van der Waals surface area contributed by atoms with Crippen molar-refractivity contribution in [2.24, 2.45) is 5.73 Å². The van der Waals surface area contributed by atoms with Gasteiger partial charge in [0.15, 0.2) is 4.67 Å². The minimum absolute atomic E-state index is 0.251. The zero-order valence-electron chi connectivity index (χ0n) is 9.52. The van der Waals surface area contributed by atoms with Crippen molar-refractivity contribution in [1.82, 2.24) is 9.78 Å². The second-order valence-electron chi connectivity index (χ2n) is 4.04. The van der Waals surface area contributed by atoms with Gasteiger partial charge in [0.2, 0.25) is 0 Å². The first-order valence-corrected chi connectivity index (χ1v) is 6.83. The van der Waals surface area contributed by atoms with Crippen molar-refractivity contribution in [3.8, 4) is 0 Å². The van der Waals surface area contributed by atoms with E-state index in [9.17, 15) is 0 Å². The average Bonchev–Trinajstić information content (AvgIpc) is 2.83. The molecule has 1 atom stereocenters. The first-order chi connectivity index (χ1) is 8.00. The molecule has 4 nitrogen and oxygen atoms in total. The van der Waals surface area contributed by atoms with E-state index in [0.717, 1.165) is 10.2 Å². The summed E-state index contributed by atoms with van der Waals surface area (Å²) in [6.07, 6.45) is 1.76. The van der Waals surface area contributed by atoms with Gasteiger partial charge in [-0.3, -0.25) is 4.68 Å². The highest BCUT2D eigenvalue weighted by Crippen LogP contribution is 2.30. The van der Waals surface area contributed by atoms with Gasteiger partial charge < -0.3 is 10.2 Å². The first-order valence-electron chi connectivity index (χ1n) is 5.24. The third kappa shape index (κ3) is 2.48. The van der Waals surface area contributed by atoms with E-state index < -0.39 is 0 Å². The molecule has 2 aromatic heterocycles. The van der Waals surface area contributed by atoms with Crippen molar-refractivity contribution in [1.29, 1.82) is 0 Å². The summed E-state index contributed by atoms with van der Waals surface area (Å²) in [5.74, 6) is 0.708. The van der Waals surface area contributed by atoms with E-state index in [1.54, 1.807) is 6.20 Å². The minimum Gasteiger partial charge on any atom is -0.452 e. The molecule has 2 heterocycles. The van der Waals surface area contributed by atoms with Crippen molar-refractivity contribution in [3.05, 3.63) is 38.9 Å². The molecule has 1 unspecified atom stereocenters. The molecule has 0 radical (unpaired) electrons. The Balaban J connectivity index is 2.43.